The lowest BCUT2D eigenvalue weighted by Gasteiger charge is -2.34. The summed E-state index contributed by atoms with van der Waals surface area (Å²) in [6.45, 7) is 6.31. The van der Waals surface area contributed by atoms with Gasteiger partial charge in [-0.3, -0.25) is 9.69 Å². The van der Waals surface area contributed by atoms with Crippen molar-refractivity contribution in [3.05, 3.63) is 45.9 Å². The second-order valence-electron chi connectivity index (χ2n) is 6.04. The second-order valence-corrected chi connectivity index (χ2v) is 7.10. The highest BCUT2D eigenvalue weighted by molar-refractivity contribution is 7.09. The van der Waals surface area contributed by atoms with Crippen LogP contribution in [0.4, 0.5) is 0 Å². The van der Waals surface area contributed by atoms with Gasteiger partial charge in [0.05, 0.1) is 24.2 Å². The van der Waals surface area contributed by atoms with Crippen LogP contribution in [-0.4, -0.2) is 54.0 Å². The molecule has 0 atom stereocenters. The quantitative estimate of drug-likeness (QED) is 0.834. The normalized spacial score (nSPS) is 15.5. The van der Waals surface area contributed by atoms with E-state index < -0.39 is 0 Å². The zero-order valence-electron chi connectivity index (χ0n) is 14.2. The predicted octanol–water partition coefficient (Wildman–Crippen LogP) is 2.35. The summed E-state index contributed by atoms with van der Waals surface area (Å²) in [6.07, 6.45) is 0.454. The lowest BCUT2D eigenvalue weighted by Crippen LogP contribution is -2.48. The predicted molar refractivity (Wildman–Crippen MR) is 95.4 cm³/mol. The van der Waals surface area contributed by atoms with Crippen molar-refractivity contribution in [1.29, 1.82) is 0 Å². The van der Waals surface area contributed by atoms with E-state index in [1.54, 1.807) is 18.4 Å². The Bertz CT molecular complexity index is 676. The summed E-state index contributed by atoms with van der Waals surface area (Å²) in [4.78, 5) is 21.3. The van der Waals surface area contributed by atoms with E-state index in [9.17, 15) is 4.79 Å². The fourth-order valence-corrected chi connectivity index (χ4v) is 3.50. The molecular formula is C18H23N3O2S. The van der Waals surface area contributed by atoms with Crippen LogP contribution in [0.5, 0.6) is 5.75 Å². The number of carbonyl (C=O) groups is 1. The number of carbonyl (C=O) groups excluding carboxylic acids is 1. The minimum absolute atomic E-state index is 0.198. The van der Waals surface area contributed by atoms with Crippen molar-refractivity contribution in [3.63, 3.8) is 0 Å². The van der Waals surface area contributed by atoms with E-state index in [-0.39, 0.29) is 5.91 Å². The minimum atomic E-state index is 0.198. The number of methoxy groups -OCH3 is 1. The van der Waals surface area contributed by atoms with Gasteiger partial charge in [0.2, 0.25) is 5.91 Å². The Morgan fingerprint density at radius 2 is 1.92 bits per heavy atom. The summed E-state index contributed by atoms with van der Waals surface area (Å²) in [6, 6.07) is 7.71. The molecule has 1 amide bonds. The number of nitrogens with zero attached hydrogens (tertiary/aromatic N) is 3. The molecule has 1 aromatic carbocycles. The van der Waals surface area contributed by atoms with Gasteiger partial charge in [-0.2, -0.15) is 0 Å². The van der Waals surface area contributed by atoms with Gasteiger partial charge in [-0.1, -0.05) is 12.1 Å². The summed E-state index contributed by atoms with van der Waals surface area (Å²) < 4.78 is 5.15. The molecule has 1 aliphatic rings. The van der Waals surface area contributed by atoms with E-state index in [1.807, 2.05) is 36.1 Å². The van der Waals surface area contributed by atoms with Crippen LogP contribution in [0.1, 0.15) is 16.3 Å². The zero-order chi connectivity index (χ0) is 16.9. The van der Waals surface area contributed by atoms with Crippen LogP contribution in [0.2, 0.25) is 0 Å². The first kappa shape index (κ1) is 16.9. The standard InChI is InChI=1S/C18H23N3O2S/c1-14-19-16(13-24-14)12-20-7-9-21(10-8-20)18(22)11-15-3-5-17(23-2)6-4-15/h3-6,13H,7-12H2,1-2H3. The molecule has 0 radical (unpaired) electrons. The molecule has 128 valence electrons. The van der Waals surface area contributed by atoms with Crippen LogP contribution in [-0.2, 0) is 17.8 Å². The van der Waals surface area contributed by atoms with Gasteiger partial charge in [-0.15, -0.1) is 11.3 Å². The van der Waals surface area contributed by atoms with Crippen molar-refractivity contribution in [2.45, 2.75) is 19.9 Å². The number of aromatic nitrogens is 1. The molecule has 6 heteroatoms. The van der Waals surface area contributed by atoms with Gasteiger partial charge < -0.3 is 9.64 Å². The van der Waals surface area contributed by atoms with E-state index in [2.05, 4.69) is 15.3 Å². The van der Waals surface area contributed by atoms with Gasteiger partial charge in [0, 0.05) is 38.1 Å². The first-order chi connectivity index (χ1) is 11.6. The Kier molecular flexibility index (Phi) is 5.48. The molecular weight excluding hydrogens is 322 g/mol. The third kappa shape index (κ3) is 4.33. The molecule has 24 heavy (non-hydrogen) atoms. The van der Waals surface area contributed by atoms with E-state index in [1.165, 1.54) is 0 Å². The first-order valence-electron chi connectivity index (χ1n) is 8.18. The van der Waals surface area contributed by atoms with Gasteiger partial charge in [0.25, 0.3) is 0 Å². The Morgan fingerprint density at radius 1 is 1.21 bits per heavy atom. The number of aryl methyl sites for hydroxylation is 1. The SMILES string of the molecule is COc1ccc(CC(=O)N2CCN(Cc3csc(C)n3)CC2)cc1. The maximum Gasteiger partial charge on any atom is 0.227 e. The first-order valence-corrected chi connectivity index (χ1v) is 9.06. The summed E-state index contributed by atoms with van der Waals surface area (Å²) in [7, 11) is 1.65. The third-order valence-electron chi connectivity index (χ3n) is 4.29. The molecule has 0 aliphatic carbocycles. The number of hydrogen-bond acceptors (Lipinski definition) is 5. The average molecular weight is 345 g/mol. The van der Waals surface area contributed by atoms with E-state index in [4.69, 9.17) is 4.74 Å². The van der Waals surface area contributed by atoms with Crippen LogP contribution in [0.15, 0.2) is 29.6 Å². The number of amides is 1. The highest BCUT2D eigenvalue weighted by Crippen LogP contribution is 2.15. The van der Waals surface area contributed by atoms with Gasteiger partial charge in [-0.25, -0.2) is 4.98 Å². The summed E-state index contributed by atoms with van der Waals surface area (Å²) in [5.41, 5.74) is 2.16. The van der Waals surface area contributed by atoms with Crippen molar-refractivity contribution in [3.8, 4) is 5.75 Å². The van der Waals surface area contributed by atoms with Crippen LogP contribution in [0.25, 0.3) is 0 Å². The number of thiazole rings is 1. The third-order valence-corrected chi connectivity index (χ3v) is 5.11. The molecule has 1 aromatic heterocycles. The molecule has 2 heterocycles. The monoisotopic (exact) mass is 345 g/mol. The number of rotatable bonds is 5. The van der Waals surface area contributed by atoms with E-state index >= 15 is 0 Å². The molecule has 0 bridgehead atoms. The van der Waals surface area contributed by atoms with Gasteiger partial charge in [-0.05, 0) is 24.6 Å². The molecule has 0 saturated carbocycles. The van der Waals surface area contributed by atoms with Crippen molar-refractivity contribution in [2.75, 3.05) is 33.3 Å². The molecule has 3 rings (SSSR count). The van der Waals surface area contributed by atoms with Crippen LogP contribution >= 0.6 is 11.3 Å². The molecule has 0 spiro atoms. The fourth-order valence-electron chi connectivity index (χ4n) is 2.90. The van der Waals surface area contributed by atoms with Crippen LogP contribution in [0.3, 0.4) is 0 Å². The Hall–Kier alpha value is -1.92. The Balaban J connectivity index is 1.47. The van der Waals surface area contributed by atoms with Gasteiger partial charge in [0.1, 0.15) is 5.75 Å². The Morgan fingerprint density at radius 3 is 2.50 bits per heavy atom. The molecule has 0 N–H and O–H groups in total. The number of hydrogen-bond donors (Lipinski definition) is 0. The minimum Gasteiger partial charge on any atom is -0.497 e. The highest BCUT2D eigenvalue weighted by Gasteiger charge is 2.21. The van der Waals surface area contributed by atoms with Crippen molar-refractivity contribution >= 4 is 17.2 Å². The molecule has 5 nitrogen and oxygen atoms in total. The van der Waals surface area contributed by atoms with E-state index in [0.29, 0.717) is 6.42 Å². The maximum absolute atomic E-state index is 12.5. The van der Waals surface area contributed by atoms with Crippen molar-refractivity contribution in [2.24, 2.45) is 0 Å². The van der Waals surface area contributed by atoms with Gasteiger partial charge in [0.15, 0.2) is 0 Å². The summed E-state index contributed by atoms with van der Waals surface area (Å²) >= 11 is 1.69. The average Bonchev–Trinajstić information content (AvgIpc) is 3.01. The zero-order valence-corrected chi connectivity index (χ0v) is 15.0. The maximum atomic E-state index is 12.5. The molecule has 0 unspecified atom stereocenters. The second kappa shape index (κ2) is 7.77. The number of piperazine rings is 1. The Labute approximate surface area is 146 Å². The van der Waals surface area contributed by atoms with Crippen LogP contribution in [0, 0.1) is 6.92 Å². The number of ether oxygens (including phenoxy) is 1. The fraction of sp³-hybridized carbons (Fsp3) is 0.444. The molecule has 2 aromatic rings. The highest BCUT2D eigenvalue weighted by atomic mass is 32.1. The lowest BCUT2D eigenvalue weighted by molar-refractivity contribution is -0.132. The summed E-state index contributed by atoms with van der Waals surface area (Å²) in [5, 5.41) is 3.23. The van der Waals surface area contributed by atoms with Gasteiger partial charge >= 0.3 is 0 Å². The smallest absolute Gasteiger partial charge is 0.227 e. The molecule has 1 aliphatic heterocycles. The number of benzene rings is 1. The molecule has 1 saturated heterocycles. The topological polar surface area (TPSA) is 45.7 Å². The molecule has 1 fully saturated rings. The largest absolute Gasteiger partial charge is 0.497 e. The van der Waals surface area contributed by atoms with E-state index in [0.717, 1.165) is 54.7 Å². The van der Waals surface area contributed by atoms with Crippen molar-refractivity contribution < 1.29 is 9.53 Å². The summed E-state index contributed by atoms with van der Waals surface area (Å²) in [5.74, 6) is 1.02. The van der Waals surface area contributed by atoms with Crippen LogP contribution < -0.4 is 4.74 Å². The van der Waals surface area contributed by atoms with Crippen molar-refractivity contribution in [1.82, 2.24) is 14.8 Å². The lowest BCUT2D eigenvalue weighted by atomic mass is 10.1.